The summed E-state index contributed by atoms with van der Waals surface area (Å²) in [6, 6.07) is 4.83. The summed E-state index contributed by atoms with van der Waals surface area (Å²) in [5.41, 5.74) is 0.781. The zero-order chi connectivity index (χ0) is 12.4. The van der Waals surface area contributed by atoms with Crippen molar-refractivity contribution in [1.29, 1.82) is 0 Å². The van der Waals surface area contributed by atoms with Gasteiger partial charge in [-0.15, -0.1) is 11.3 Å². The van der Waals surface area contributed by atoms with Crippen molar-refractivity contribution in [2.75, 3.05) is 26.2 Å². The molecule has 2 aromatic rings. The number of nitrogens with zero attached hydrogens (tertiary/aromatic N) is 2. The quantitative estimate of drug-likeness (QED) is 0.902. The SMILES string of the molecule is Fc1ccc2sc(CN3CCCNCC3)nc2c1. The third-order valence-electron chi connectivity index (χ3n) is 3.19. The maximum Gasteiger partial charge on any atom is 0.125 e. The molecule has 0 saturated carbocycles. The summed E-state index contributed by atoms with van der Waals surface area (Å²) in [5, 5.41) is 4.47. The molecule has 1 aliphatic rings. The second-order valence-corrected chi connectivity index (χ2v) is 5.71. The first-order valence-electron chi connectivity index (χ1n) is 6.29. The predicted octanol–water partition coefficient (Wildman–Crippen LogP) is 2.23. The topological polar surface area (TPSA) is 28.2 Å². The fraction of sp³-hybridized carbons (Fsp3) is 0.462. The Balaban J connectivity index is 1.77. The van der Waals surface area contributed by atoms with E-state index in [9.17, 15) is 4.39 Å². The Morgan fingerprint density at radius 2 is 2.28 bits per heavy atom. The van der Waals surface area contributed by atoms with Gasteiger partial charge in [-0.2, -0.15) is 0 Å². The van der Waals surface area contributed by atoms with Crippen LogP contribution in [0.15, 0.2) is 18.2 Å². The standard InChI is InChI=1S/C13H16FN3S/c14-10-2-3-12-11(8-10)16-13(18-12)9-17-6-1-4-15-5-7-17/h2-3,8,15H,1,4-7,9H2. The molecule has 2 heterocycles. The van der Waals surface area contributed by atoms with Gasteiger partial charge in [0.25, 0.3) is 0 Å². The van der Waals surface area contributed by atoms with Gasteiger partial charge in [0, 0.05) is 19.2 Å². The van der Waals surface area contributed by atoms with Crippen molar-refractivity contribution >= 4 is 21.6 Å². The van der Waals surface area contributed by atoms with Gasteiger partial charge in [-0.3, -0.25) is 4.90 Å². The summed E-state index contributed by atoms with van der Waals surface area (Å²) < 4.78 is 14.2. The summed E-state index contributed by atoms with van der Waals surface area (Å²) in [5.74, 6) is -0.210. The van der Waals surface area contributed by atoms with E-state index in [-0.39, 0.29) is 5.82 Å². The van der Waals surface area contributed by atoms with Crippen LogP contribution < -0.4 is 5.32 Å². The lowest BCUT2D eigenvalue weighted by Crippen LogP contribution is -2.27. The monoisotopic (exact) mass is 265 g/mol. The van der Waals surface area contributed by atoms with Crippen LogP contribution in [0.3, 0.4) is 0 Å². The average Bonchev–Trinajstić information content (AvgIpc) is 2.57. The number of benzene rings is 1. The molecule has 0 radical (unpaired) electrons. The van der Waals surface area contributed by atoms with Gasteiger partial charge < -0.3 is 5.32 Å². The third-order valence-corrected chi connectivity index (χ3v) is 4.21. The van der Waals surface area contributed by atoms with E-state index in [1.54, 1.807) is 11.3 Å². The number of rotatable bonds is 2. The number of hydrogen-bond donors (Lipinski definition) is 1. The molecule has 0 amide bonds. The molecule has 96 valence electrons. The van der Waals surface area contributed by atoms with E-state index < -0.39 is 0 Å². The molecule has 5 heteroatoms. The van der Waals surface area contributed by atoms with Crippen molar-refractivity contribution in [1.82, 2.24) is 15.2 Å². The third kappa shape index (κ3) is 2.68. The zero-order valence-corrected chi connectivity index (χ0v) is 11.0. The van der Waals surface area contributed by atoms with Gasteiger partial charge in [0.1, 0.15) is 10.8 Å². The molecule has 1 aliphatic heterocycles. The highest BCUT2D eigenvalue weighted by molar-refractivity contribution is 7.18. The first kappa shape index (κ1) is 12.0. The van der Waals surface area contributed by atoms with Crippen molar-refractivity contribution < 1.29 is 4.39 Å². The number of hydrogen-bond acceptors (Lipinski definition) is 4. The van der Waals surface area contributed by atoms with Gasteiger partial charge in [-0.05, 0) is 31.6 Å². The molecule has 1 N–H and O–H groups in total. The molecule has 1 aromatic carbocycles. The summed E-state index contributed by atoms with van der Waals surface area (Å²) in [4.78, 5) is 6.93. The minimum absolute atomic E-state index is 0.210. The highest BCUT2D eigenvalue weighted by Gasteiger charge is 2.12. The second kappa shape index (κ2) is 5.30. The molecule has 3 nitrogen and oxygen atoms in total. The Bertz CT molecular complexity index is 532. The highest BCUT2D eigenvalue weighted by Crippen LogP contribution is 2.23. The minimum Gasteiger partial charge on any atom is -0.315 e. The van der Waals surface area contributed by atoms with Gasteiger partial charge >= 0.3 is 0 Å². The average molecular weight is 265 g/mol. The maximum atomic E-state index is 13.1. The van der Waals surface area contributed by atoms with Crippen molar-refractivity contribution in [3.05, 3.63) is 29.0 Å². The summed E-state index contributed by atoms with van der Waals surface area (Å²) in [6.45, 7) is 5.19. The lowest BCUT2D eigenvalue weighted by atomic mass is 10.3. The van der Waals surface area contributed by atoms with Crippen molar-refractivity contribution in [3.8, 4) is 0 Å². The van der Waals surface area contributed by atoms with Gasteiger partial charge in [0.05, 0.1) is 16.8 Å². The van der Waals surface area contributed by atoms with Crippen LogP contribution in [0.25, 0.3) is 10.2 Å². The van der Waals surface area contributed by atoms with Crippen LogP contribution in [0, 0.1) is 5.82 Å². The Hall–Kier alpha value is -1.04. The fourth-order valence-electron chi connectivity index (χ4n) is 2.27. The van der Waals surface area contributed by atoms with Crippen molar-refractivity contribution in [2.45, 2.75) is 13.0 Å². The second-order valence-electron chi connectivity index (χ2n) is 4.60. The molecular weight excluding hydrogens is 249 g/mol. The van der Waals surface area contributed by atoms with Crippen LogP contribution in [0.5, 0.6) is 0 Å². The Morgan fingerprint density at radius 1 is 1.33 bits per heavy atom. The first-order valence-corrected chi connectivity index (χ1v) is 7.11. The maximum absolute atomic E-state index is 13.1. The number of aromatic nitrogens is 1. The van der Waals surface area contributed by atoms with Crippen molar-refractivity contribution in [3.63, 3.8) is 0 Å². The Labute approximate surface area is 110 Å². The largest absolute Gasteiger partial charge is 0.315 e. The van der Waals surface area contributed by atoms with Gasteiger partial charge in [0.2, 0.25) is 0 Å². The number of halogens is 1. The molecular formula is C13H16FN3S. The predicted molar refractivity (Wildman–Crippen MR) is 72.3 cm³/mol. The van der Waals surface area contributed by atoms with Crippen LogP contribution in [0.2, 0.25) is 0 Å². The fourth-order valence-corrected chi connectivity index (χ4v) is 3.26. The lowest BCUT2D eigenvalue weighted by Gasteiger charge is -2.17. The van der Waals surface area contributed by atoms with E-state index in [0.29, 0.717) is 0 Å². The lowest BCUT2D eigenvalue weighted by molar-refractivity contribution is 0.284. The summed E-state index contributed by atoms with van der Waals surface area (Å²) in [6.07, 6.45) is 1.18. The van der Waals surface area contributed by atoms with Gasteiger partial charge in [0.15, 0.2) is 0 Å². The van der Waals surface area contributed by atoms with Crippen LogP contribution in [0.4, 0.5) is 4.39 Å². The van der Waals surface area contributed by atoms with Gasteiger partial charge in [-0.1, -0.05) is 0 Å². The molecule has 0 bridgehead atoms. The molecule has 3 rings (SSSR count). The van der Waals surface area contributed by atoms with E-state index in [4.69, 9.17) is 0 Å². The molecule has 18 heavy (non-hydrogen) atoms. The number of fused-ring (bicyclic) bond motifs is 1. The summed E-state index contributed by atoms with van der Waals surface area (Å²) >= 11 is 1.67. The van der Waals surface area contributed by atoms with E-state index in [1.165, 1.54) is 18.6 Å². The molecule has 1 aromatic heterocycles. The highest BCUT2D eigenvalue weighted by atomic mass is 32.1. The normalized spacial score (nSPS) is 18.1. The van der Waals surface area contributed by atoms with Crippen LogP contribution >= 0.6 is 11.3 Å². The molecule has 1 fully saturated rings. The van der Waals surface area contributed by atoms with Crippen LogP contribution in [0.1, 0.15) is 11.4 Å². The molecule has 0 aliphatic carbocycles. The smallest absolute Gasteiger partial charge is 0.125 e. The van der Waals surface area contributed by atoms with E-state index in [0.717, 1.165) is 47.9 Å². The molecule has 0 spiro atoms. The van der Waals surface area contributed by atoms with E-state index in [2.05, 4.69) is 15.2 Å². The first-order chi connectivity index (χ1) is 8.81. The molecule has 0 atom stereocenters. The zero-order valence-electron chi connectivity index (χ0n) is 10.2. The molecule has 0 unspecified atom stereocenters. The minimum atomic E-state index is -0.210. The van der Waals surface area contributed by atoms with E-state index >= 15 is 0 Å². The van der Waals surface area contributed by atoms with Crippen LogP contribution in [-0.2, 0) is 6.54 Å². The van der Waals surface area contributed by atoms with Crippen molar-refractivity contribution in [2.24, 2.45) is 0 Å². The number of thiazole rings is 1. The molecule has 1 saturated heterocycles. The Morgan fingerprint density at radius 3 is 3.22 bits per heavy atom. The van der Waals surface area contributed by atoms with Crippen LogP contribution in [-0.4, -0.2) is 36.1 Å². The Kier molecular flexibility index (Phi) is 3.54. The van der Waals surface area contributed by atoms with E-state index in [1.807, 2.05) is 6.07 Å². The number of nitrogens with one attached hydrogen (secondary N) is 1. The summed E-state index contributed by atoms with van der Waals surface area (Å²) in [7, 11) is 0. The van der Waals surface area contributed by atoms with Gasteiger partial charge in [-0.25, -0.2) is 9.37 Å².